The van der Waals surface area contributed by atoms with Crippen molar-refractivity contribution in [3.8, 4) is 5.75 Å². The van der Waals surface area contributed by atoms with Crippen LogP contribution in [0.4, 0.5) is 15.3 Å². The minimum Gasteiger partial charge on any atom is -0.410 e. The number of ether oxygens (including phenoxy) is 1. The van der Waals surface area contributed by atoms with E-state index in [1.165, 1.54) is 4.90 Å². The highest BCUT2D eigenvalue weighted by Gasteiger charge is 2.11. The molecule has 0 aliphatic heterocycles. The van der Waals surface area contributed by atoms with Crippen LogP contribution in [-0.4, -0.2) is 31.1 Å². The van der Waals surface area contributed by atoms with Crippen LogP contribution >= 0.6 is 0 Å². The van der Waals surface area contributed by atoms with Gasteiger partial charge in [-0.05, 0) is 24.6 Å². The van der Waals surface area contributed by atoms with Crippen molar-refractivity contribution in [2.24, 2.45) is 0 Å². The number of urea groups is 1. The Morgan fingerprint density at radius 1 is 1.04 bits per heavy atom. The largest absolute Gasteiger partial charge is 0.413 e. The van der Waals surface area contributed by atoms with E-state index >= 15 is 0 Å². The Kier molecular flexibility index (Phi) is 5.78. The third-order valence-corrected chi connectivity index (χ3v) is 3.34. The average molecular weight is 327 g/mol. The van der Waals surface area contributed by atoms with Gasteiger partial charge in [0.25, 0.3) is 0 Å². The Labute approximate surface area is 141 Å². The summed E-state index contributed by atoms with van der Waals surface area (Å²) in [6.45, 7) is 1.88. The van der Waals surface area contributed by atoms with Crippen molar-refractivity contribution in [2.75, 3.05) is 19.4 Å². The number of hydrogen-bond acceptors (Lipinski definition) is 3. The molecule has 0 saturated carbocycles. The molecule has 2 N–H and O–H groups in total. The first-order valence-electron chi connectivity index (χ1n) is 7.57. The third kappa shape index (κ3) is 5.01. The number of hydrogen-bond donors (Lipinski definition) is 2. The van der Waals surface area contributed by atoms with Gasteiger partial charge in [-0.25, -0.2) is 9.59 Å². The number of amides is 3. The topological polar surface area (TPSA) is 70.7 Å². The lowest BCUT2D eigenvalue weighted by atomic mass is 10.1. The van der Waals surface area contributed by atoms with Crippen LogP contribution in [0.1, 0.15) is 18.5 Å². The molecule has 0 bridgehead atoms. The van der Waals surface area contributed by atoms with E-state index in [4.69, 9.17) is 4.74 Å². The Hall–Kier alpha value is -3.02. The van der Waals surface area contributed by atoms with Crippen LogP contribution in [-0.2, 0) is 0 Å². The van der Waals surface area contributed by atoms with Gasteiger partial charge in [0, 0.05) is 25.8 Å². The molecule has 1 unspecified atom stereocenters. The zero-order chi connectivity index (χ0) is 17.5. The Morgan fingerprint density at radius 3 is 2.42 bits per heavy atom. The van der Waals surface area contributed by atoms with Gasteiger partial charge in [-0.2, -0.15) is 0 Å². The normalized spacial score (nSPS) is 11.3. The zero-order valence-corrected chi connectivity index (χ0v) is 13.9. The van der Waals surface area contributed by atoms with Crippen molar-refractivity contribution in [1.82, 2.24) is 10.2 Å². The van der Waals surface area contributed by atoms with E-state index in [1.54, 1.807) is 38.4 Å². The third-order valence-electron chi connectivity index (χ3n) is 3.34. The molecule has 0 spiro atoms. The van der Waals surface area contributed by atoms with Crippen molar-refractivity contribution >= 4 is 17.8 Å². The quantitative estimate of drug-likeness (QED) is 0.901. The number of carbonyl (C=O) groups is 2. The lowest BCUT2D eigenvalue weighted by Gasteiger charge is -2.15. The number of rotatable bonds is 4. The van der Waals surface area contributed by atoms with Crippen LogP contribution in [0.15, 0.2) is 54.6 Å². The Morgan fingerprint density at radius 2 is 1.75 bits per heavy atom. The van der Waals surface area contributed by atoms with E-state index in [9.17, 15) is 9.59 Å². The first kappa shape index (κ1) is 17.3. The predicted octanol–water partition coefficient (Wildman–Crippen LogP) is 3.63. The summed E-state index contributed by atoms with van der Waals surface area (Å²) in [6, 6.07) is 15.8. The zero-order valence-electron chi connectivity index (χ0n) is 13.9. The number of anilines is 1. The van der Waals surface area contributed by atoms with Crippen molar-refractivity contribution in [1.29, 1.82) is 0 Å². The second kappa shape index (κ2) is 8.01. The molecule has 0 aromatic heterocycles. The number of nitrogens with zero attached hydrogens (tertiary/aromatic N) is 1. The molecular weight excluding hydrogens is 306 g/mol. The molecule has 0 aliphatic rings. The van der Waals surface area contributed by atoms with Crippen LogP contribution in [0.25, 0.3) is 0 Å². The fourth-order valence-corrected chi connectivity index (χ4v) is 2.01. The second-order valence-corrected chi connectivity index (χ2v) is 5.52. The van der Waals surface area contributed by atoms with E-state index < -0.39 is 6.09 Å². The van der Waals surface area contributed by atoms with Crippen LogP contribution in [0.3, 0.4) is 0 Å². The van der Waals surface area contributed by atoms with E-state index in [-0.39, 0.29) is 12.1 Å². The van der Waals surface area contributed by atoms with Gasteiger partial charge in [-0.15, -0.1) is 0 Å². The van der Waals surface area contributed by atoms with Gasteiger partial charge >= 0.3 is 12.1 Å². The average Bonchev–Trinajstić information content (AvgIpc) is 2.55. The minimum absolute atomic E-state index is 0.171. The minimum atomic E-state index is -0.553. The van der Waals surface area contributed by atoms with E-state index in [0.717, 1.165) is 5.56 Å². The molecule has 2 rings (SSSR count). The lowest BCUT2D eigenvalue weighted by Crippen LogP contribution is -2.29. The smallest absolute Gasteiger partial charge is 0.410 e. The monoisotopic (exact) mass is 327 g/mol. The van der Waals surface area contributed by atoms with Crippen LogP contribution < -0.4 is 15.4 Å². The molecular formula is C18H21N3O3. The molecule has 0 aliphatic carbocycles. The molecule has 0 fully saturated rings. The van der Waals surface area contributed by atoms with Gasteiger partial charge in [0.05, 0.1) is 6.04 Å². The van der Waals surface area contributed by atoms with Gasteiger partial charge in [0.15, 0.2) is 0 Å². The fourth-order valence-electron chi connectivity index (χ4n) is 2.01. The Bertz CT molecular complexity index is 702. The lowest BCUT2D eigenvalue weighted by molar-refractivity contribution is 0.197. The summed E-state index contributed by atoms with van der Waals surface area (Å²) in [5.41, 5.74) is 1.54. The molecule has 6 nitrogen and oxygen atoms in total. The summed E-state index contributed by atoms with van der Waals surface area (Å²) < 4.78 is 5.27. The molecule has 24 heavy (non-hydrogen) atoms. The summed E-state index contributed by atoms with van der Waals surface area (Å²) >= 11 is 0. The summed E-state index contributed by atoms with van der Waals surface area (Å²) in [5.74, 6) is 0.351. The summed E-state index contributed by atoms with van der Waals surface area (Å²) in [4.78, 5) is 25.1. The number of carbonyl (C=O) groups excluding carboxylic acids is 2. The van der Waals surface area contributed by atoms with Crippen LogP contribution in [0.5, 0.6) is 5.75 Å². The van der Waals surface area contributed by atoms with Crippen molar-refractivity contribution in [3.05, 3.63) is 60.2 Å². The Balaban J connectivity index is 1.95. The highest BCUT2D eigenvalue weighted by Crippen LogP contribution is 2.18. The highest BCUT2D eigenvalue weighted by atomic mass is 16.6. The van der Waals surface area contributed by atoms with Gasteiger partial charge in [-0.1, -0.05) is 36.4 Å². The number of benzene rings is 2. The van der Waals surface area contributed by atoms with Crippen molar-refractivity contribution in [2.45, 2.75) is 13.0 Å². The molecule has 1 atom stereocenters. The SMILES string of the molecule is CC(NC(=O)Oc1cccc(NC(=O)N(C)C)c1)c1ccccc1. The van der Waals surface area contributed by atoms with Gasteiger partial charge in [0.2, 0.25) is 0 Å². The van der Waals surface area contributed by atoms with Gasteiger partial charge in [-0.3, -0.25) is 0 Å². The molecule has 0 heterocycles. The number of nitrogens with one attached hydrogen (secondary N) is 2. The van der Waals surface area contributed by atoms with E-state index in [1.807, 2.05) is 37.3 Å². The van der Waals surface area contributed by atoms with E-state index in [2.05, 4.69) is 10.6 Å². The van der Waals surface area contributed by atoms with Crippen LogP contribution in [0, 0.1) is 0 Å². The first-order chi connectivity index (χ1) is 11.5. The fraction of sp³-hybridized carbons (Fsp3) is 0.222. The summed E-state index contributed by atoms with van der Waals surface area (Å²) in [7, 11) is 3.29. The molecule has 0 saturated heterocycles. The summed E-state index contributed by atoms with van der Waals surface area (Å²) in [6.07, 6.45) is -0.553. The van der Waals surface area contributed by atoms with Crippen molar-refractivity contribution in [3.63, 3.8) is 0 Å². The second-order valence-electron chi connectivity index (χ2n) is 5.52. The van der Waals surface area contributed by atoms with Crippen LogP contribution in [0.2, 0.25) is 0 Å². The molecule has 6 heteroatoms. The maximum absolute atomic E-state index is 12.0. The molecule has 126 valence electrons. The van der Waals surface area contributed by atoms with Gasteiger partial charge < -0.3 is 20.3 Å². The van der Waals surface area contributed by atoms with Crippen molar-refractivity contribution < 1.29 is 14.3 Å². The molecule has 0 radical (unpaired) electrons. The maximum Gasteiger partial charge on any atom is 0.413 e. The maximum atomic E-state index is 12.0. The summed E-state index contributed by atoms with van der Waals surface area (Å²) in [5, 5.41) is 5.46. The molecule has 3 amide bonds. The predicted molar refractivity (Wildman–Crippen MR) is 93.2 cm³/mol. The standard InChI is InChI=1S/C18H21N3O3/c1-13(14-8-5-4-6-9-14)19-18(23)24-16-11-7-10-15(12-16)20-17(22)21(2)3/h4-13H,1-3H3,(H,19,23)(H,20,22). The van der Waals surface area contributed by atoms with E-state index in [0.29, 0.717) is 11.4 Å². The first-order valence-corrected chi connectivity index (χ1v) is 7.57. The molecule has 2 aromatic rings. The highest BCUT2D eigenvalue weighted by molar-refractivity contribution is 5.89. The van der Waals surface area contributed by atoms with Gasteiger partial charge in [0.1, 0.15) is 5.75 Å². The molecule has 2 aromatic carbocycles.